The third kappa shape index (κ3) is 8.43. The van der Waals surface area contributed by atoms with E-state index in [1.165, 1.54) is 89.1 Å². The minimum absolute atomic E-state index is 0.0363. The Labute approximate surface area is 321 Å². The average Bonchev–Trinajstić information content (AvgIpc) is 3.19. The van der Waals surface area contributed by atoms with Crippen LogP contribution < -0.4 is 29.6 Å². The van der Waals surface area contributed by atoms with Gasteiger partial charge in [0, 0.05) is 11.4 Å². The fourth-order valence-corrected chi connectivity index (χ4v) is 7.90. The predicted octanol–water partition coefficient (Wildman–Crippen LogP) is 6.83. The van der Waals surface area contributed by atoms with Gasteiger partial charge in [-0.25, -0.2) is 31.2 Å². The Bertz CT molecular complexity index is 2570. The molecule has 0 aliphatic carbocycles. The first-order valence-corrected chi connectivity index (χ1v) is 19.4. The van der Waals surface area contributed by atoms with Crippen LogP contribution in [0.3, 0.4) is 0 Å². The number of urea groups is 1. The van der Waals surface area contributed by atoms with Crippen LogP contribution in [0.1, 0.15) is 20.7 Å². The second kappa shape index (κ2) is 15.9. The zero-order valence-corrected chi connectivity index (χ0v) is 31.8. The second-order valence-electron chi connectivity index (χ2n) is 12.1. The van der Waals surface area contributed by atoms with E-state index >= 15 is 0 Å². The monoisotopic (exact) mass is 798 g/mol. The number of esters is 2. The molecular formula is C39H34N4O11S2. The molecule has 0 atom stereocenters. The number of nitrogens with one attached hydrogen (secondary N) is 4. The van der Waals surface area contributed by atoms with Gasteiger partial charge in [0.1, 0.15) is 11.5 Å². The molecule has 4 N–H and O–H groups in total. The van der Waals surface area contributed by atoms with Crippen molar-refractivity contribution in [2.45, 2.75) is 9.79 Å². The number of carbonyl (C=O) groups is 3. The Morgan fingerprint density at radius 1 is 0.464 bits per heavy atom. The summed E-state index contributed by atoms with van der Waals surface area (Å²) in [6.07, 6.45) is 0. The standard InChI is InChI=1S/C39H34N4O11S2/c1-51-35-15-9-25(37(44)53-3)21-33(35)42-55(47,48)31-13-7-23-5-11-29(17-27(23)19-31)40-39(46)41-30-12-6-24-8-14-32(20-28(24)18-30)56(49,50)43-34-22-26(38(45)54-4)10-16-36(34)52-2/h5-22,42-43H,1-4H3,(H2,40,41,46). The summed E-state index contributed by atoms with van der Waals surface area (Å²) in [5.74, 6) is -0.926. The van der Waals surface area contributed by atoms with Crippen molar-refractivity contribution >= 4 is 82.3 Å². The summed E-state index contributed by atoms with van der Waals surface area (Å²) in [4.78, 5) is 37.0. The molecule has 0 saturated carbocycles. The van der Waals surface area contributed by atoms with E-state index in [0.717, 1.165) is 0 Å². The fraction of sp³-hybridized carbons (Fsp3) is 0.103. The summed E-state index contributed by atoms with van der Waals surface area (Å²) in [6.45, 7) is 0. The molecule has 0 aromatic heterocycles. The number of sulfonamides is 2. The van der Waals surface area contributed by atoms with E-state index in [1.807, 2.05) is 0 Å². The van der Waals surface area contributed by atoms with Gasteiger partial charge in [-0.05, 0) is 106 Å². The van der Waals surface area contributed by atoms with Crippen molar-refractivity contribution in [3.8, 4) is 11.5 Å². The quantitative estimate of drug-likeness (QED) is 0.0945. The molecule has 0 radical (unpaired) electrons. The van der Waals surface area contributed by atoms with Gasteiger partial charge in [-0.3, -0.25) is 9.44 Å². The fourth-order valence-electron chi connectivity index (χ4n) is 5.71. The highest BCUT2D eigenvalue weighted by atomic mass is 32.2. The van der Waals surface area contributed by atoms with Crippen molar-refractivity contribution in [2.75, 3.05) is 48.5 Å². The first-order chi connectivity index (χ1) is 26.7. The number of hydrogen-bond acceptors (Lipinski definition) is 11. The molecule has 56 heavy (non-hydrogen) atoms. The highest BCUT2D eigenvalue weighted by Gasteiger charge is 2.21. The number of ether oxygens (including phenoxy) is 4. The zero-order valence-electron chi connectivity index (χ0n) is 30.2. The van der Waals surface area contributed by atoms with E-state index in [2.05, 4.69) is 20.1 Å². The van der Waals surface area contributed by atoms with Gasteiger partial charge in [0.15, 0.2) is 0 Å². The van der Waals surface area contributed by atoms with Gasteiger partial charge in [0.2, 0.25) is 0 Å². The van der Waals surface area contributed by atoms with E-state index in [-0.39, 0.29) is 43.8 Å². The minimum Gasteiger partial charge on any atom is -0.495 e. The van der Waals surface area contributed by atoms with Crippen molar-refractivity contribution in [1.82, 2.24) is 0 Å². The largest absolute Gasteiger partial charge is 0.495 e. The normalized spacial score (nSPS) is 11.4. The molecular weight excluding hydrogens is 765 g/mol. The third-order valence-corrected chi connectivity index (χ3v) is 11.2. The maximum absolute atomic E-state index is 13.4. The van der Waals surface area contributed by atoms with E-state index in [1.54, 1.807) is 48.5 Å². The van der Waals surface area contributed by atoms with E-state index < -0.39 is 38.0 Å². The molecule has 15 nitrogen and oxygen atoms in total. The van der Waals surface area contributed by atoms with Gasteiger partial charge < -0.3 is 29.6 Å². The molecule has 17 heteroatoms. The SMILES string of the molecule is COC(=O)c1ccc(OC)c(NS(=O)(=O)c2ccc3ccc(NC(=O)Nc4ccc5ccc(S(=O)(=O)Nc6cc(C(=O)OC)ccc6OC)cc5c4)cc3c2)c1. The van der Waals surface area contributed by atoms with Crippen LogP contribution in [0.25, 0.3) is 21.5 Å². The lowest BCUT2D eigenvalue weighted by atomic mass is 10.1. The lowest BCUT2D eigenvalue weighted by molar-refractivity contribution is 0.0592. The highest BCUT2D eigenvalue weighted by molar-refractivity contribution is 7.93. The Morgan fingerprint density at radius 3 is 1.23 bits per heavy atom. The van der Waals surface area contributed by atoms with E-state index in [0.29, 0.717) is 32.9 Å². The molecule has 288 valence electrons. The Balaban J connectivity index is 1.18. The van der Waals surface area contributed by atoms with Crippen molar-refractivity contribution in [3.05, 3.63) is 120 Å². The maximum Gasteiger partial charge on any atom is 0.337 e. The number of benzene rings is 6. The molecule has 0 unspecified atom stereocenters. The number of carbonyl (C=O) groups excluding carboxylic acids is 3. The zero-order chi connectivity index (χ0) is 40.2. The minimum atomic E-state index is -4.16. The van der Waals surface area contributed by atoms with Gasteiger partial charge in [-0.1, -0.05) is 24.3 Å². The topological polar surface area (TPSA) is 205 Å². The van der Waals surface area contributed by atoms with Gasteiger partial charge in [0.25, 0.3) is 20.0 Å². The van der Waals surface area contributed by atoms with Crippen molar-refractivity contribution in [3.63, 3.8) is 0 Å². The molecule has 0 aliphatic rings. The molecule has 0 heterocycles. The Morgan fingerprint density at radius 2 is 0.857 bits per heavy atom. The van der Waals surface area contributed by atoms with Crippen LogP contribution in [0.2, 0.25) is 0 Å². The molecule has 6 aromatic rings. The number of fused-ring (bicyclic) bond motifs is 2. The first kappa shape index (κ1) is 38.9. The predicted molar refractivity (Wildman–Crippen MR) is 211 cm³/mol. The average molecular weight is 799 g/mol. The first-order valence-electron chi connectivity index (χ1n) is 16.5. The van der Waals surface area contributed by atoms with Crippen molar-refractivity contribution < 1.29 is 50.2 Å². The molecule has 0 fully saturated rings. The maximum atomic E-state index is 13.4. The number of amides is 2. The van der Waals surface area contributed by atoms with Crippen LogP contribution in [0.15, 0.2) is 119 Å². The number of hydrogen-bond donors (Lipinski definition) is 4. The summed E-state index contributed by atoms with van der Waals surface area (Å²) >= 11 is 0. The van der Waals surface area contributed by atoms with Gasteiger partial charge in [0.05, 0.1) is 60.7 Å². The van der Waals surface area contributed by atoms with E-state index in [4.69, 9.17) is 18.9 Å². The van der Waals surface area contributed by atoms with Gasteiger partial charge >= 0.3 is 18.0 Å². The summed E-state index contributed by atoms with van der Waals surface area (Å²) in [5, 5.41) is 7.86. The van der Waals surface area contributed by atoms with Gasteiger partial charge in [-0.15, -0.1) is 0 Å². The molecule has 0 aliphatic heterocycles. The molecule has 2 amide bonds. The lowest BCUT2D eigenvalue weighted by Crippen LogP contribution is -2.19. The van der Waals surface area contributed by atoms with Crippen LogP contribution in [0, 0.1) is 0 Å². The van der Waals surface area contributed by atoms with Crippen molar-refractivity contribution in [2.24, 2.45) is 0 Å². The van der Waals surface area contributed by atoms with Crippen LogP contribution >= 0.6 is 0 Å². The molecule has 0 bridgehead atoms. The molecule has 6 aromatic carbocycles. The highest BCUT2D eigenvalue weighted by Crippen LogP contribution is 2.32. The lowest BCUT2D eigenvalue weighted by Gasteiger charge is -2.14. The van der Waals surface area contributed by atoms with E-state index in [9.17, 15) is 31.2 Å². The molecule has 0 saturated heterocycles. The van der Waals surface area contributed by atoms with Crippen LogP contribution in [-0.2, 0) is 29.5 Å². The second-order valence-corrected chi connectivity index (χ2v) is 15.4. The van der Waals surface area contributed by atoms with Crippen molar-refractivity contribution in [1.29, 1.82) is 0 Å². The summed E-state index contributed by atoms with van der Waals surface area (Å²) in [6, 6.07) is 26.7. The number of anilines is 4. The smallest absolute Gasteiger partial charge is 0.337 e. The number of methoxy groups -OCH3 is 4. The number of rotatable bonds is 12. The summed E-state index contributed by atoms with van der Waals surface area (Å²) in [5.41, 5.74) is 1.03. The summed E-state index contributed by atoms with van der Waals surface area (Å²) in [7, 11) is -3.18. The third-order valence-electron chi connectivity index (χ3n) is 8.49. The molecule has 0 spiro atoms. The van der Waals surface area contributed by atoms with Crippen LogP contribution in [0.4, 0.5) is 27.5 Å². The van der Waals surface area contributed by atoms with Crippen LogP contribution in [-0.4, -0.2) is 63.2 Å². The Kier molecular flexibility index (Phi) is 11.0. The van der Waals surface area contributed by atoms with Crippen LogP contribution in [0.5, 0.6) is 11.5 Å². The summed E-state index contributed by atoms with van der Waals surface area (Å²) < 4.78 is 78.7. The Hall–Kier alpha value is -6.85. The van der Waals surface area contributed by atoms with Gasteiger partial charge in [-0.2, -0.15) is 0 Å². The molecule has 6 rings (SSSR count).